The topological polar surface area (TPSA) is 86.7 Å². The highest BCUT2D eigenvalue weighted by atomic mass is 16.4. The highest BCUT2D eigenvalue weighted by Crippen LogP contribution is 2.18. The maximum absolute atomic E-state index is 11.7. The smallest absolute Gasteiger partial charge is 0.323 e. The molecular formula is C11H18N2O4. The summed E-state index contributed by atoms with van der Waals surface area (Å²) in [6, 6.07) is -0.722. The average Bonchev–Trinajstić information content (AvgIpc) is 2.46. The van der Waals surface area contributed by atoms with Crippen molar-refractivity contribution in [2.75, 3.05) is 7.05 Å². The number of rotatable bonds is 5. The molecule has 1 aliphatic heterocycles. The van der Waals surface area contributed by atoms with Gasteiger partial charge in [0, 0.05) is 7.05 Å². The van der Waals surface area contributed by atoms with E-state index in [0.29, 0.717) is 12.8 Å². The van der Waals surface area contributed by atoms with Gasteiger partial charge in [0.2, 0.25) is 11.8 Å². The standard InChI is InChI=1S/C11H18N2O4/c1-4-5-11(2,10(16)17)12-7-6-8(14)13(3)9(7)15/h7,12H,4-6H2,1-3H3,(H,16,17). The SMILES string of the molecule is CCCC(C)(NC1CC(=O)N(C)C1=O)C(=O)O. The summed E-state index contributed by atoms with van der Waals surface area (Å²) in [5, 5.41) is 12.0. The zero-order valence-electron chi connectivity index (χ0n) is 10.3. The number of carbonyl (C=O) groups excluding carboxylic acids is 2. The number of hydrogen-bond acceptors (Lipinski definition) is 4. The van der Waals surface area contributed by atoms with Gasteiger partial charge in [-0.3, -0.25) is 24.6 Å². The predicted octanol–water partition coefficient (Wildman–Crippen LogP) is -0.0233. The molecule has 2 atom stereocenters. The predicted molar refractivity (Wildman–Crippen MR) is 60.3 cm³/mol. The Balaban J connectivity index is 2.79. The molecule has 17 heavy (non-hydrogen) atoms. The van der Waals surface area contributed by atoms with Gasteiger partial charge >= 0.3 is 5.97 Å². The lowest BCUT2D eigenvalue weighted by Gasteiger charge is -2.28. The van der Waals surface area contributed by atoms with Crippen molar-refractivity contribution in [3.8, 4) is 0 Å². The van der Waals surface area contributed by atoms with E-state index in [1.807, 2.05) is 6.92 Å². The minimum atomic E-state index is -1.17. The summed E-state index contributed by atoms with van der Waals surface area (Å²) in [6.07, 6.45) is 1.12. The van der Waals surface area contributed by atoms with Crippen molar-refractivity contribution in [1.29, 1.82) is 0 Å². The van der Waals surface area contributed by atoms with Crippen molar-refractivity contribution in [1.82, 2.24) is 10.2 Å². The van der Waals surface area contributed by atoms with E-state index in [2.05, 4.69) is 5.32 Å². The van der Waals surface area contributed by atoms with Crippen LogP contribution in [0, 0.1) is 0 Å². The molecule has 2 N–H and O–H groups in total. The van der Waals surface area contributed by atoms with E-state index in [-0.39, 0.29) is 18.2 Å². The normalized spacial score (nSPS) is 23.9. The molecule has 1 saturated heterocycles. The zero-order valence-corrected chi connectivity index (χ0v) is 10.3. The Labute approximate surface area is 100.0 Å². The molecule has 0 aromatic carbocycles. The van der Waals surface area contributed by atoms with Gasteiger partial charge in [-0.2, -0.15) is 0 Å². The van der Waals surface area contributed by atoms with Crippen molar-refractivity contribution in [3.63, 3.8) is 0 Å². The van der Waals surface area contributed by atoms with Crippen molar-refractivity contribution < 1.29 is 19.5 Å². The number of likely N-dealkylation sites (N-methyl/N-ethyl adjacent to an activating group) is 1. The molecule has 2 unspecified atom stereocenters. The minimum absolute atomic E-state index is 0.0297. The lowest BCUT2D eigenvalue weighted by atomic mass is 9.95. The summed E-state index contributed by atoms with van der Waals surface area (Å²) in [5.74, 6) is -1.65. The van der Waals surface area contributed by atoms with E-state index in [9.17, 15) is 14.4 Å². The van der Waals surface area contributed by atoms with Crippen LogP contribution in [0.3, 0.4) is 0 Å². The molecule has 0 aromatic rings. The van der Waals surface area contributed by atoms with Gasteiger partial charge in [0.1, 0.15) is 5.54 Å². The molecule has 96 valence electrons. The molecule has 0 aromatic heterocycles. The van der Waals surface area contributed by atoms with Gasteiger partial charge in [-0.25, -0.2) is 0 Å². The largest absolute Gasteiger partial charge is 0.480 e. The van der Waals surface area contributed by atoms with Crippen LogP contribution >= 0.6 is 0 Å². The quantitative estimate of drug-likeness (QED) is 0.661. The molecule has 1 rings (SSSR count). The minimum Gasteiger partial charge on any atom is -0.480 e. The van der Waals surface area contributed by atoms with E-state index in [0.717, 1.165) is 4.90 Å². The number of nitrogens with one attached hydrogen (secondary N) is 1. The average molecular weight is 242 g/mol. The molecule has 0 bridgehead atoms. The van der Waals surface area contributed by atoms with Crippen LogP contribution in [0.1, 0.15) is 33.1 Å². The Bertz CT molecular complexity index is 355. The molecule has 0 radical (unpaired) electrons. The fourth-order valence-corrected chi connectivity index (χ4v) is 1.99. The second-order valence-corrected chi connectivity index (χ2v) is 4.58. The maximum Gasteiger partial charge on any atom is 0.323 e. The van der Waals surface area contributed by atoms with Gasteiger partial charge in [0.05, 0.1) is 12.5 Å². The van der Waals surface area contributed by atoms with Crippen molar-refractivity contribution in [2.45, 2.75) is 44.7 Å². The van der Waals surface area contributed by atoms with E-state index in [4.69, 9.17) is 5.11 Å². The van der Waals surface area contributed by atoms with Crippen molar-refractivity contribution >= 4 is 17.8 Å². The van der Waals surface area contributed by atoms with Crippen molar-refractivity contribution in [3.05, 3.63) is 0 Å². The number of amides is 2. The summed E-state index contributed by atoms with van der Waals surface area (Å²) in [4.78, 5) is 35.2. The fraction of sp³-hybridized carbons (Fsp3) is 0.727. The number of aliphatic carboxylic acids is 1. The first-order valence-corrected chi connectivity index (χ1v) is 5.63. The summed E-state index contributed by atoms with van der Waals surface area (Å²) in [6.45, 7) is 3.41. The van der Waals surface area contributed by atoms with Gasteiger partial charge in [-0.1, -0.05) is 13.3 Å². The van der Waals surface area contributed by atoms with Crippen LogP contribution in [0.4, 0.5) is 0 Å². The molecule has 0 aliphatic carbocycles. The van der Waals surface area contributed by atoms with Crippen LogP contribution in [-0.2, 0) is 14.4 Å². The molecule has 0 saturated carbocycles. The number of likely N-dealkylation sites (tertiary alicyclic amines) is 1. The van der Waals surface area contributed by atoms with Crippen LogP contribution in [0.5, 0.6) is 0 Å². The van der Waals surface area contributed by atoms with Gasteiger partial charge in [0.25, 0.3) is 0 Å². The highest BCUT2D eigenvalue weighted by Gasteiger charge is 2.42. The number of imide groups is 1. The Morgan fingerprint density at radius 1 is 1.59 bits per heavy atom. The van der Waals surface area contributed by atoms with Gasteiger partial charge < -0.3 is 5.11 Å². The number of carboxylic acids is 1. The monoisotopic (exact) mass is 242 g/mol. The number of carbonyl (C=O) groups is 3. The van der Waals surface area contributed by atoms with Crippen LogP contribution in [0.25, 0.3) is 0 Å². The summed E-state index contributed by atoms with van der Waals surface area (Å²) in [5.41, 5.74) is -1.17. The Kier molecular flexibility index (Phi) is 3.87. The molecule has 1 fully saturated rings. The Morgan fingerprint density at radius 2 is 2.18 bits per heavy atom. The van der Waals surface area contributed by atoms with Crippen molar-refractivity contribution in [2.24, 2.45) is 0 Å². The second kappa shape index (κ2) is 4.83. The number of carboxylic acid groups (broad SMARTS) is 1. The lowest BCUT2D eigenvalue weighted by molar-refractivity contribution is -0.145. The highest BCUT2D eigenvalue weighted by molar-refractivity contribution is 6.05. The van der Waals surface area contributed by atoms with E-state index in [1.165, 1.54) is 14.0 Å². The van der Waals surface area contributed by atoms with Crippen LogP contribution in [0.15, 0.2) is 0 Å². The molecule has 1 heterocycles. The Hall–Kier alpha value is -1.43. The first-order valence-electron chi connectivity index (χ1n) is 5.63. The van der Waals surface area contributed by atoms with E-state index in [1.54, 1.807) is 0 Å². The summed E-state index contributed by atoms with van der Waals surface area (Å²) >= 11 is 0. The van der Waals surface area contributed by atoms with E-state index < -0.39 is 17.6 Å². The van der Waals surface area contributed by atoms with Crippen LogP contribution in [0.2, 0.25) is 0 Å². The molecule has 1 aliphatic rings. The summed E-state index contributed by atoms with van der Waals surface area (Å²) < 4.78 is 0. The third kappa shape index (κ3) is 2.63. The molecule has 6 heteroatoms. The van der Waals surface area contributed by atoms with Gasteiger partial charge in [-0.05, 0) is 13.3 Å². The lowest BCUT2D eigenvalue weighted by Crippen LogP contribution is -2.55. The number of nitrogens with zero attached hydrogens (tertiary/aromatic N) is 1. The molecular weight excluding hydrogens is 224 g/mol. The third-order valence-corrected chi connectivity index (χ3v) is 3.10. The van der Waals surface area contributed by atoms with Gasteiger partial charge in [-0.15, -0.1) is 0 Å². The fourth-order valence-electron chi connectivity index (χ4n) is 1.99. The molecule has 0 spiro atoms. The number of hydrogen-bond donors (Lipinski definition) is 2. The molecule has 6 nitrogen and oxygen atoms in total. The zero-order chi connectivity index (χ0) is 13.2. The van der Waals surface area contributed by atoms with E-state index >= 15 is 0 Å². The first-order chi connectivity index (χ1) is 7.81. The van der Waals surface area contributed by atoms with Crippen LogP contribution in [-0.4, -0.2) is 46.4 Å². The first kappa shape index (κ1) is 13.6. The molecule has 2 amide bonds. The maximum atomic E-state index is 11.7. The summed E-state index contributed by atoms with van der Waals surface area (Å²) in [7, 11) is 1.41. The Morgan fingerprint density at radius 3 is 2.53 bits per heavy atom. The second-order valence-electron chi connectivity index (χ2n) is 4.58. The van der Waals surface area contributed by atoms with Gasteiger partial charge in [0.15, 0.2) is 0 Å². The third-order valence-electron chi connectivity index (χ3n) is 3.10. The van der Waals surface area contributed by atoms with Crippen LogP contribution < -0.4 is 5.32 Å².